The number of hydrogen-bond acceptors (Lipinski definition) is 3. The summed E-state index contributed by atoms with van der Waals surface area (Å²) in [5.74, 6) is 0.696. The van der Waals surface area contributed by atoms with Crippen LogP contribution >= 0.6 is 11.6 Å². The second kappa shape index (κ2) is 7.90. The third kappa shape index (κ3) is 3.71. The van der Waals surface area contributed by atoms with Gasteiger partial charge in [-0.25, -0.2) is 0 Å². The normalized spacial score (nSPS) is 26.2. The Morgan fingerprint density at radius 2 is 1.93 bits per heavy atom. The summed E-state index contributed by atoms with van der Waals surface area (Å²) in [5, 5.41) is 0.00663. The molecule has 0 radical (unpaired) electrons. The molecule has 2 saturated heterocycles. The van der Waals surface area contributed by atoms with Gasteiger partial charge in [-0.15, -0.1) is 0 Å². The molecule has 2 amide bonds. The molecule has 7 heteroatoms. The highest BCUT2D eigenvalue weighted by atomic mass is 35.5. The van der Waals surface area contributed by atoms with E-state index < -0.39 is 11.0 Å². The van der Waals surface area contributed by atoms with E-state index in [1.807, 2.05) is 0 Å². The van der Waals surface area contributed by atoms with Gasteiger partial charge in [-0.05, 0) is 44.1 Å². The molecule has 0 bridgehead atoms. The average Bonchev–Trinajstić information content (AvgIpc) is 3.13. The lowest BCUT2D eigenvalue weighted by Crippen LogP contribution is -2.51. The maximum atomic E-state index is 13.3. The second-order valence-corrected chi connectivity index (χ2v) is 9.09. The minimum absolute atomic E-state index is 0.00663. The highest BCUT2D eigenvalue weighted by Gasteiger charge is 2.49. The fourth-order valence-corrected chi connectivity index (χ4v) is 5.37. The van der Waals surface area contributed by atoms with Crippen LogP contribution in [0.4, 0.5) is 0 Å². The van der Waals surface area contributed by atoms with Crippen molar-refractivity contribution in [1.82, 2.24) is 14.8 Å². The van der Waals surface area contributed by atoms with Gasteiger partial charge in [0, 0.05) is 32.4 Å². The summed E-state index contributed by atoms with van der Waals surface area (Å²) in [5.41, 5.74) is -0.477. The molecule has 1 atom stereocenters. The Labute approximate surface area is 170 Å². The number of pyridine rings is 1. The molecule has 2 aliphatic heterocycles. The number of halogens is 1. The van der Waals surface area contributed by atoms with E-state index in [2.05, 4.69) is 9.88 Å². The molecule has 3 fully saturated rings. The number of aromatic amines is 1. The fourth-order valence-electron chi connectivity index (χ4n) is 5.19. The van der Waals surface area contributed by atoms with E-state index in [-0.39, 0.29) is 16.8 Å². The van der Waals surface area contributed by atoms with Crippen LogP contribution < -0.4 is 5.56 Å². The molecule has 152 valence electrons. The van der Waals surface area contributed by atoms with Gasteiger partial charge in [-0.2, -0.15) is 0 Å². The van der Waals surface area contributed by atoms with Gasteiger partial charge in [0.15, 0.2) is 0 Å². The third-order valence-corrected chi connectivity index (χ3v) is 7.05. The van der Waals surface area contributed by atoms with Crippen molar-refractivity contribution in [3.8, 4) is 0 Å². The van der Waals surface area contributed by atoms with Gasteiger partial charge in [0.1, 0.15) is 5.02 Å². The Kier molecular flexibility index (Phi) is 5.50. The molecular formula is C21H28ClN3O3. The summed E-state index contributed by atoms with van der Waals surface area (Å²) < 4.78 is 0. The van der Waals surface area contributed by atoms with Crippen LogP contribution in [0.3, 0.4) is 0 Å². The van der Waals surface area contributed by atoms with Gasteiger partial charge in [0.2, 0.25) is 5.91 Å². The van der Waals surface area contributed by atoms with E-state index in [1.54, 1.807) is 4.90 Å². The Morgan fingerprint density at radius 3 is 2.68 bits per heavy atom. The number of aromatic nitrogens is 1. The summed E-state index contributed by atoms with van der Waals surface area (Å²) in [4.78, 5) is 44.0. The molecule has 0 aromatic carbocycles. The molecule has 1 aliphatic carbocycles. The molecule has 1 aromatic rings. The number of nitrogens with zero attached hydrogens (tertiary/aromatic N) is 2. The van der Waals surface area contributed by atoms with Crippen LogP contribution in [-0.4, -0.2) is 52.8 Å². The lowest BCUT2D eigenvalue weighted by molar-refractivity contribution is -0.146. The topological polar surface area (TPSA) is 73.5 Å². The molecule has 1 N–H and O–H groups in total. The van der Waals surface area contributed by atoms with Crippen molar-refractivity contribution in [2.24, 2.45) is 11.3 Å². The lowest BCUT2D eigenvalue weighted by Gasteiger charge is -2.41. The minimum atomic E-state index is -0.436. The number of likely N-dealkylation sites (tertiary alicyclic amines) is 2. The molecular weight excluding hydrogens is 378 g/mol. The SMILES string of the molecule is O=C(c1c[nH]c(=O)c(Cl)c1)N1CCC2(CCCN(CC3CCCCC3)C2=O)C1. The minimum Gasteiger partial charge on any atom is -0.342 e. The van der Waals surface area contributed by atoms with Gasteiger partial charge >= 0.3 is 0 Å². The van der Waals surface area contributed by atoms with Crippen molar-refractivity contribution in [3.63, 3.8) is 0 Å². The van der Waals surface area contributed by atoms with Crippen molar-refractivity contribution in [3.05, 3.63) is 33.2 Å². The highest BCUT2D eigenvalue weighted by Crippen LogP contribution is 2.41. The Balaban J connectivity index is 1.44. The number of amides is 2. The van der Waals surface area contributed by atoms with E-state index in [9.17, 15) is 14.4 Å². The van der Waals surface area contributed by atoms with Crippen molar-refractivity contribution in [2.45, 2.75) is 51.4 Å². The fraction of sp³-hybridized carbons (Fsp3) is 0.667. The lowest BCUT2D eigenvalue weighted by atomic mass is 9.77. The van der Waals surface area contributed by atoms with Gasteiger partial charge in [0.25, 0.3) is 11.5 Å². The maximum Gasteiger partial charge on any atom is 0.266 e. The first-order chi connectivity index (χ1) is 13.5. The zero-order valence-electron chi connectivity index (χ0n) is 16.2. The van der Waals surface area contributed by atoms with Crippen molar-refractivity contribution in [1.29, 1.82) is 0 Å². The van der Waals surface area contributed by atoms with Gasteiger partial charge in [0.05, 0.1) is 11.0 Å². The highest BCUT2D eigenvalue weighted by molar-refractivity contribution is 6.30. The molecule has 3 heterocycles. The maximum absolute atomic E-state index is 13.3. The second-order valence-electron chi connectivity index (χ2n) is 8.68. The largest absolute Gasteiger partial charge is 0.342 e. The number of hydrogen-bond donors (Lipinski definition) is 1. The van der Waals surface area contributed by atoms with E-state index >= 15 is 0 Å². The first-order valence-corrected chi connectivity index (χ1v) is 10.8. The van der Waals surface area contributed by atoms with Crippen LogP contribution in [0, 0.1) is 11.3 Å². The summed E-state index contributed by atoms with van der Waals surface area (Å²) in [7, 11) is 0. The van der Waals surface area contributed by atoms with E-state index in [4.69, 9.17) is 11.6 Å². The monoisotopic (exact) mass is 405 g/mol. The van der Waals surface area contributed by atoms with Gasteiger partial charge in [-0.3, -0.25) is 14.4 Å². The van der Waals surface area contributed by atoms with Crippen molar-refractivity contribution >= 4 is 23.4 Å². The first-order valence-electron chi connectivity index (χ1n) is 10.5. The summed E-state index contributed by atoms with van der Waals surface area (Å²) in [6.07, 6.45) is 10.3. The number of rotatable bonds is 3. The molecule has 6 nitrogen and oxygen atoms in total. The van der Waals surface area contributed by atoms with E-state index in [0.717, 1.165) is 32.4 Å². The predicted molar refractivity (Wildman–Crippen MR) is 107 cm³/mol. The molecule has 1 spiro atoms. The molecule has 1 saturated carbocycles. The molecule has 1 unspecified atom stereocenters. The average molecular weight is 406 g/mol. The Hall–Kier alpha value is -1.82. The number of H-pyrrole nitrogens is 1. The molecule has 1 aromatic heterocycles. The smallest absolute Gasteiger partial charge is 0.266 e. The summed E-state index contributed by atoms with van der Waals surface area (Å²) >= 11 is 5.87. The van der Waals surface area contributed by atoms with E-state index in [0.29, 0.717) is 24.6 Å². The number of piperidine rings is 1. The molecule has 28 heavy (non-hydrogen) atoms. The van der Waals surface area contributed by atoms with Crippen LogP contribution in [0.25, 0.3) is 0 Å². The van der Waals surface area contributed by atoms with Crippen LogP contribution in [0.2, 0.25) is 5.02 Å². The number of nitrogens with one attached hydrogen (secondary N) is 1. The predicted octanol–water partition coefficient (Wildman–Crippen LogP) is 3.06. The van der Waals surface area contributed by atoms with Crippen LogP contribution in [0.5, 0.6) is 0 Å². The summed E-state index contributed by atoms with van der Waals surface area (Å²) in [6, 6.07) is 1.41. The molecule has 3 aliphatic rings. The van der Waals surface area contributed by atoms with Gasteiger partial charge < -0.3 is 14.8 Å². The third-order valence-electron chi connectivity index (χ3n) is 6.77. The van der Waals surface area contributed by atoms with Crippen molar-refractivity contribution < 1.29 is 9.59 Å². The van der Waals surface area contributed by atoms with E-state index in [1.165, 1.54) is 44.4 Å². The summed E-state index contributed by atoms with van der Waals surface area (Å²) in [6.45, 7) is 2.76. The first kappa shape index (κ1) is 19.5. The van der Waals surface area contributed by atoms with Crippen molar-refractivity contribution in [2.75, 3.05) is 26.2 Å². The quantitative estimate of drug-likeness (QED) is 0.839. The Morgan fingerprint density at radius 1 is 1.14 bits per heavy atom. The Bertz CT molecular complexity index is 817. The number of carbonyl (C=O) groups is 2. The molecule has 4 rings (SSSR count). The van der Waals surface area contributed by atoms with Crippen LogP contribution in [0.1, 0.15) is 61.7 Å². The zero-order valence-corrected chi connectivity index (χ0v) is 17.0. The van der Waals surface area contributed by atoms with Crippen LogP contribution in [0.15, 0.2) is 17.1 Å². The van der Waals surface area contributed by atoms with Crippen LogP contribution in [-0.2, 0) is 4.79 Å². The van der Waals surface area contributed by atoms with Gasteiger partial charge in [-0.1, -0.05) is 30.9 Å². The number of carbonyl (C=O) groups excluding carboxylic acids is 2. The zero-order chi connectivity index (χ0) is 19.7. The standard InChI is InChI=1S/C21H28ClN3O3/c22-17-11-16(12-23-18(17)26)19(27)25-10-8-21(14-25)7-4-9-24(20(21)28)13-15-5-2-1-3-6-15/h11-12,15H,1-10,13-14H2,(H,23,26).